The van der Waals surface area contributed by atoms with Crippen LogP contribution < -0.4 is 0 Å². The largest absolute Gasteiger partial charge is 0.392 e. The summed E-state index contributed by atoms with van der Waals surface area (Å²) in [6.07, 6.45) is 6.57. The summed E-state index contributed by atoms with van der Waals surface area (Å²) in [5.41, 5.74) is -0.0805. The van der Waals surface area contributed by atoms with Crippen LogP contribution in [0.1, 0.15) is 39.0 Å². The Balaban J connectivity index is 1.60. The SMILES string of the molecule is CCO[C@@H]1C[C@@H](O)C12CCN(C(=O)C1(SC)CC1)CC2. The zero-order valence-electron chi connectivity index (χ0n) is 12.4. The highest BCUT2D eigenvalue weighted by Gasteiger charge is 2.58. The van der Waals surface area contributed by atoms with Crippen LogP contribution in [0.15, 0.2) is 0 Å². The van der Waals surface area contributed by atoms with Gasteiger partial charge in [0.05, 0.1) is 17.0 Å². The zero-order chi connectivity index (χ0) is 14.4. The molecule has 2 atom stereocenters. The number of carbonyl (C=O) groups excluding carboxylic acids is 1. The molecule has 4 nitrogen and oxygen atoms in total. The molecule has 1 amide bonds. The monoisotopic (exact) mass is 299 g/mol. The number of amides is 1. The summed E-state index contributed by atoms with van der Waals surface area (Å²) in [5.74, 6) is 0.321. The lowest BCUT2D eigenvalue weighted by molar-refractivity contribution is -0.210. The molecule has 20 heavy (non-hydrogen) atoms. The lowest BCUT2D eigenvalue weighted by atomic mass is 9.58. The lowest BCUT2D eigenvalue weighted by Crippen LogP contribution is -2.63. The summed E-state index contributed by atoms with van der Waals surface area (Å²) in [6.45, 7) is 4.27. The van der Waals surface area contributed by atoms with Gasteiger partial charge in [0.25, 0.3) is 0 Å². The zero-order valence-corrected chi connectivity index (χ0v) is 13.2. The Hall–Kier alpha value is -0.260. The van der Waals surface area contributed by atoms with Gasteiger partial charge in [-0.1, -0.05) is 0 Å². The summed E-state index contributed by atoms with van der Waals surface area (Å²) < 4.78 is 5.66. The summed E-state index contributed by atoms with van der Waals surface area (Å²) >= 11 is 1.70. The van der Waals surface area contributed by atoms with Crippen LogP contribution in [0.5, 0.6) is 0 Å². The standard InChI is InChI=1S/C15H25NO3S/c1-3-19-12-10-11(17)14(12)6-8-16(9-7-14)13(18)15(20-2)4-5-15/h11-12,17H,3-10H2,1-2H3/t11-,12-/m1/s1. The van der Waals surface area contributed by atoms with Gasteiger partial charge >= 0.3 is 0 Å². The second-order valence-corrected chi connectivity index (χ2v) is 7.61. The number of aliphatic hydroxyl groups excluding tert-OH is 1. The van der Waals surface area contributed by atoms with Crippen molar-refractivity contribution in [3.05, 3.63) is 0 Å². The van der Waals surface area contributed by atoms with Gasteiger partial charge in [0, 0.05) is 31.5 Å². The number of piperidine rings is 1. The number of carbonyl (C=O) groups is 1. The first-order chi connectivity index (χ1) is 9.58. The minimum atomic E-state index is -0.244. The van der Waals surface area contributed by atoms with Gasteiger partial charge in [-0.05, 0) is 38.9 Å². The van der Waals surface area contributed by atoms with Crippen LogP contribution in [0.25, 0.3) is 0 Å². The van der Waals surface area contributed by atoms with Gasteiger partial charge in [-0.25, -0.2) is 0 Å². The third-order valence-corrected chi connectivity index (χ3v) is 6.94. The number of likely N-dealkylation sites (tertiary alicyclic amines) is 1. The molecule has 0 aromatic rings. The van der Waals surface area contributed by atoms with Crippen molar-refractivity contribution in [2.24, 2.45) is 5.41 Å². The van der Waals surface area contributed by atoms with E-state index in [2.05, 4.69) is 0 Å². The van der Waals surface area contributed by atoms with Gasteiger partial charge in [-0.3, -0.25) is 4.79 Å². The van der Waals surface area contributed by atoms with Crippen LogP contribution in [0.4, 0.5) is 0 Å². The van der Waals surface area contributed by atoms with E-state index in [0.29, 0.717) is 12.5 Å². The number of nitrogens with zero attached hydrogens (tertiary/aromatic N) is 1. The summed E-state index contributed by atoms with van der Waals surface area (Å²) in [7, 11) is 0. The fourth-order valence-corrected chi connectivity index (χ4v) is 4.66. The van der Waals surface area contributed by atoms with Crippen molar-refractivity contribution < 1.29 is 14.6 Å². The molecule has 1 spiro atoms. The van der Waals surface area contributed by atoms with Gasteiger partial charge < -0.3 is 14.7 Å². The molecule has 114 valence electrons. The van der Waals surface area contributed by atoms with Gasteiger partial charge in [0.2, 0.25) is 5.91 Å². The molecule has 0 unspecified atom stereocenters. The minimum absolute atomic E-state index is 0.0805. The Labute approximate surface area is 125 Å². The van der Waals surface area contributed by atoms with E-state index in [9.17, 15) is 9.90 Å². The molecule has 0 bridgehead atoms. The maximum Gasteiger partial charge on any atom is 0.238 e. The molecule has 3 fully saturated rings. The van der Waals surface area contributed by atoms with E-state index in [4.69, 9.17) is 4.74 Å². The van der Waals surface area contributed by atoms with Crippen molar-refractivity contribution in [2.75, 3.05) is 26.0 Å². The molecule has 0 aromatic heterocycles. The number of hydrogen-bond acceptors (Lipinski definition) is 4. The number of hydrogen-bond donors (Lipinski definition) is 1. The van der Waals surface area contributed by atoms with Gasteiger partial charge in [0.1, 0.15) is 0 Å². The van der Waals surface area contributed by atoms with Crippen LogP contribution in [0.3, 0.4) is 0 Å². The van der Waals surface area contributed by atoms with Crippen molar-refractivity contribution >= 4 is 17.7 Å². The molecule has 3 aliphatic rings. The smallest absolute Gasteiger partial charge is 0.238 e. The first kappa shape index (κ1) is 14.7. The third kappa shape index (κ3) is 2.09. The van der Waals surface area contributed by atoms with Crippen LogP contribution in [0, 0.1) is 5.41 Å². The summed E-state index contributed by atoms with van der Waals surface area (Å²) in [4.78, 5) is 14.5. The fourth-order valence-electron chi connectivity index (χ4n) is 3.85. The molecule has 2 saturated carbocycles. The number of rotatable bonds is 4. The average molecular weight is 299 g/mol. The van der Waals surface area contributed by atoms with Crippen LogP contribution in [-0.4, -0.2) is 58.8 Å². The highest BCUT2D eigenvalue weighted by molar-refractivity contribution is 8.01. The van der Waals surface area contributed by atoms with Crippen molar-refractivity contribution in [1.29, 1.82) is 0 Å². The van der Waals surface area contributed by atoms with E-state index in [1.165, 1.54) is 0 Å². The van der Waals surface area contributed by atoms with Crippen molar-refractivity contribution in [1.82, 2.24) is 4.90 Å². The molecule has 1 saturated heterocycles. The van der Waals surface area contributed by atoms with E-state index in [0.717, 1.165) is 45.2 Å². The molecule has 0 radical (unpaired) electrons. The molecule has 1 heterocycles. The molecular weight excluding hydrogens is 274 g/mol. The van der Waals surface area contributed by atoms with Gasteiger partial charge in [0.15, 0.2) is 0 Å². The lowest BCUT2D eigenvalue weighted by Gasteiger charge is -2.56. The van der Waals surface area contributed by atoms with E-state index in [-0.39, 0.29) is 22.4 Å². The summed E-state index contributed by atoms with van der Waals surface area (Å²) in [6, 6.07) is 0. The first-order valence-corrected chi connectivity index (χ1v) is 8.95. The number of ether oxygens (including phenoxy) is 1. The molecule has 3 rings (SSSR count). The Morgan fingerprint density at radius 2 is 2.00 bits per heavy atom. The van der Waals surface area contributed by atoms with Crippen LogP contribution >= 0.6 is 11.8 Å². The molecule has 2 aliphatic carbocycles. The van der Waals surface area contributed by atoms with Crippen molar-refractivity contribution in [3.8, 4) is 0 Å². The van der Waals surface area contributed by atoms with E-state index in [1.54, 1.807) is 11.8 Å². The predicted molar refractivity (Wildman–Crippen MR) is 79.8 cm³/mol. The second-order valence-electron chi connectivity index (χ2n) is 6.42. The quantitative estimate of drug-likeness (QED) is 0.858. The topological polar surface area (TPSA) is 49.8 Å². The Morgan fingerprint density at radius 1 is 1.35 bits per heavy atom. The predicted octanol–water partition coefficient (Wildman–Crippen LogP) is 1.66. The number of thioether (sulfide) groups is 1. The Morgan fingerprint density at radius 3 is 2.45 bits per heavy atom. The van der Waals surface area contributed by atoms with E-state index >= 15 is 0 Å². The van der Waals surface area contributed by atoms with Crippen LogP contribution in [-0.2, 0) is 9.53 Å². The summed E-state index contributed by atoms with van der Waals surface area (Å²) in [5, 5.41) is 10.2. The maximum absolute atomic E-state index is 12.5. The highest BCUT2D eigenvalue weighted by Crippen LogP contribution is 2.53. The fraction of sp³-hybridized carbons (Fsp3) is 0.933. The van der Waals surface area contributed by atoms with Gasteiger partial charge in [-0.2, -0.15) is 0 Å². The maximum atomic E-state index is 12.5. The van der Waals surface area contributed by atoms with Crippen LogP contribution in [0.2, 0.25) is 0 Å². The molecule has 0 aromatic carbocycles. The Bertz CT molecular complexity index is 387. The average Bonchev–Trinajstić information content (AvgIpc) is 3.28. The molecule has 1 aliphatic heterocycles. The third-order valence-electron chi connectivity index (χ3n) is 5.58. The van der Waals surface area contributed by atoms with Gasteiger partial charge in [-0.15, -0.1) is 11.8 Å². The molecule has 1 N–H and O–H groups in total. The molecular formula is C15H25NO3S. The first-order valence-electron chi connectivity index (χ1n) is 7.72. The molecule has 5 heteroatoms. The normalized spacial score (nSPS) is 33.9. The van der Waals surface area contributed by atoms with E-state index < -0.39 is 0 Å². The van der Waals surface area contributed by atoms with E-state index in [1.807, 2.05) is 18.1 Å². The van der Waals surface area contributed by atoms with Crippen molar-refractivity contribution in [3.63, 3.8) is 0 Å². The second kappa shape index (κ2) is 5.18. The highest BCUT2D eigenvalue weighted by atomic mass is 32.2. The minimum Gasteiger partial charge on any atom is -0.392 e. The number of aliphatic hydroxyl groups is 1. The van der Waals surface area contributed by atoms with Crippen molar-refractivity contribution in [2.45, 2.75) is 56.0 Å². The Kier molecular flexibility index (Phi) is 3.80.